The summed E-state index contributed by atoms with van der Waals surface area (Å²) in [5.41, 5.74) is 6.05. The number of nitrogens with one attached hydrogen (secondary N) is 1. The lowest BCUT2D eigenvalue weighted by Crippen LogP contribution is -2.36. The Kier molecular flexibility index (Phi) is 13.9. The van der Waals surface area contributed by atoms with Gasteiger partial charge in [0, 0.05) is 24.8 Å². The van der Waals surface area contributed by atoms with Crippen LogP contribution in [-0.2, 0) is 4.74 Å². The second kappa shape index (κ2) is 17.9. The first-order valence-corrected chi connectivity index (χ1v) is 15.2. The van der Waals surface area contributed by atoms with Crippen molar-refractivity contribution in [3.63, 3.8) is 0 Å². The van der Waals surface area contributed by atoms with E-state index in [1.807, 2.05) is 67.6 Å². The maximum atomic E-state index is 13.5. The van der Waals surface area contributed by atoms with Gasteiger partial charge in [0.2, 0.25) is 0 Å². The van der Waals surface area contributed by atoms with Crippen molar-refractivity contribution in [2.24, 2.45) is 5.92 Å². The van der Waals surface area contributed by atoms with Crippen molar-refractivity contribution in [3.8, 4) is 11.1 Å². The molecule has 0 aliphatic heterocycles. The van der Waals surface area contributed by atoms with Crippen molar-refractivity contribution in [3.05, 3.63) is 114 Å². The highest BCUT2D eigenvalue weighted by molar-refractivity contribution is 5.95. The fraction of sp³-hybridized carbons (Fsp3) is 0.378. The molecule has 0 heterocycles. The number of hydrogen-bond donors (Lipinski definition) is 1. The number of amides is 2. The normalized spacial score (nSPS) is 15.9. The molecule has 0 bridgehead atoms. The van der Waals surface area contributed by atoms with E-state index in [-0.39, 0.29) is 6.03 Å². The zero-order chi connectivity index (χ0) is 29.3. The number of nitrogens with zero attached hydrogens (tertiary/aromatic N) is 1. The van der Waals surface area contributed by atoms with Crippen LogP contribution in [0.5, 0.6) is 0 Å². The lowest BCUT2D eigenvalue weighted by Gasteiger charge is -2.25. The summed E-state index contributed by atoms with van der Waals surface area (Å²) in [7, 11) is 1.65. The Morgan fingerprint density at radius 2 is 1.76 bits per heavy atom. The van der Waals surface area contributed by atoms with Gasteiger partial charge >= 0.3 is 6.03 Å². The molecular weight excluding hydrogens is 504 g/mol. The lowest BCUT2D eigenvalue weighted by molar-refractivity contribution is 0.166. The number of anilines is 1. The number of ether oxygens (including phenoxy) is 1. The Morgan fingerprint density at radius 1 is 1.02 bits per heavy atom. The monoisotopic (exact) mass is 552 g/mol. The molecule has 2 aliphatic carbocycles. The van der Waals surface area contributed by atoms with Crippen molar-refractivity contribution >= 4 is 11.7 Å². The Hall–Kier alpha value is -3.63. The summed E-state index contributed by atoms with van der Waals surface area (Å²) < 4.78 is 5.31. The summed E-state index contributed by atoms with van der Waals surface area (Å²) in [6, 6.07) is 17.8. The lowest BCUT2D eigenvalue weighted by atomic mass is 9.91. The van der Waals surface area contributed by atoms with Crippen LogP contribution in [0.25, 0.3) is 11.1 Å². The summed E-state index contributed by atoms with van der Waals surface area (Å²) in [6.45, 7) is 7.44. The third-order valence-corrected chi connectivity index (χ3v) is 7.52. The second-order valence-corrected chi connectivity index (χ2v) is 10.7. The summed E-state index contributed by atoms with van der Waals surface area (Å²) >= 11 is 0. The van der Waals surface area contributed by atoms with E-state index < -0.39 is 0 Å². The molecule has 1 N–H and O–H groups in total. The van der Waals surface area contributed by atoms with Crippen LogP contribution in [0.15, 0.2) is 114 Å². The molecule has 0 spiro atoms. The molecule has 0 saturated heterocycles. The number of urea groups is 1. The molecule has 0 atom stereocenters. The summed E-state index contributed by atoms with van der Waals surface area (Å²) in [4.78, 5) is 15.2. The number of carbonyl (C=O) groups excluding carboxylic acids is 1. The van der Waals surface area contributed by atoms with Crippen LogP contribution in [0, 0.1) is 5.92 Å². The molecular formula is C37H48N2O2. The summed E-state index contributed by atoms with van der Waals surface area (Å²) in [5.74, 6) is 1.04. The van der Waals surface area contributed by atoms with Gasteiger partial charge in [-0.2, -0.15) is 0 Å². The molecule has 0 aromatic heterocycles. The van der Waals surface area contributed by atoms with Crippen LogP contribution in [0.3, 0.4) is 0 Å². The van der Waals surface area contributed by atoms with Gasteiger partial charge in [-0.1, -0.05) is 131 Å². The van der Waals surface area contributed by atoms with Crippen molar-refractivity contribution < 1.29 is 9.53 Å². The first kappa shape index (κ1) is 31.9. The predicted molar refractivity (Wildman–Crippen MR) is 175 cm³/mol. The SMILES string of the molecule is C/C=C(\C=C/CC)C1=CC=C(N(CCOC)C(=O)Nc2ccccc2-c2ccccc2)CC=C1.CC1CCCCC1. The van der Waals surface area contributed by atoms with Crippen LogP contribution >= 0.6 is 0 Å². The van der Waals surface area contributed by atoms with Crippen molar-refractivity contribution in [2.75, 3.05) is 25.6 Å². The van der Waals surface area contributed by atoms with E-state index in [0.29, 0.717) is 19.6 Å². The molecule has 1 saturated carbocycles. The first-order valence-electron chi connectivity index (χ1n) is 15.2. The van der Waals surface area contributed by atoms with Gasteiger partial charge in [-0.25, -0.2) is 4.79 Å². The van der Waals surface area contributed by atoms with Crippen LogP contribution in [0.2, 0.25) is 0 Å². The molecule has 2 aromatic carbocycles. The van der Waals surface area contributed by atoms with Crippen molar-refractivity contribution in [2.45, 2.75) is 65.7 Å². The minimum atomic E-state index is -0.172. The standard InChI is InChI=1S/C30H34N2O2.C7H14/c1-4-6-13-24(5-2)25-16-12-17-27(21-20-25)32(22-23-34-3)30(33)31-29-19-11-10-18-28(29)26-14-8-7-9-15-26;1-7-5-3-2-4-6-7/h5-16,18-21H,4,17,22-23H2,1-3H3,(H,31,33);7H,2-6H2,1H3/b13-6-,24-5+;. The molecule has 2 aromatic rings. The number of hydrogen-bond acceptors (Lipinski definition) is 2. The largest absolute Gasteiger partial charge is 0.383 e. The molecule has 218 valence electrons. The van der Waals surface area contributed by atoms with Gasteiger partial charge in [0.25, 0.3) is 0 Å². The van der Waals surface area contributed by atoms with E-state index in [1.165, 1.54) is 37.7 Å². The average Bonchev–Trinajstić information content (AvgIpc) is 3.25. The molecule has 2 amide bonds. The van der Waals surface area contributed by atoms with Crippen LogP contribution in [-0.4, -0.2) is 31.2 Å². The molecule has 41 heavy (non-hydrogen) atoms. The van der Waals surface area contributed by atoms with Gasteiger partial charge in [0.1, 0.15) is 0 Å². The Labute approximate surface area is 248 Å². The summed E-state index contributed by atoms with van der Waals surface area (Å²) in [6.07, 6.45) is 23.8. The number of carbonyl (C=O) groups is 1. The highest BCUT2D eigenvalue weighted by atomic mass is 16.5. The maximum absolute atomic E-state index is 13.5. The van der Waals surface area contributed by atoms with E-state index in [0.717, 1.165) is 40.4 Å². The molecule has 1 fully saturated rings. The molecule has 4 heteroatoms. The van der Waals surface area contributed by atoms with Gasteiger partial charge < -0.3 is 10.1 Å². The third kappa shape index (κ3) is 10.4. The fourth-order valence-electron chi connectivity index (χ4n) is 5.12. The van der Waals surface area contributed by atoms with Gasteiger partial charge in [0.15, 0.2) is 0 Å². The fourth-order valence-corrected chi connectivity index (χ4v) is 5.12. The van der Waals surface area contributed by atoms with Crippen molar-refractivity contribution in [1.82, 2.24) is 4.90 Å². The van der Waals surface area contributed by atoms with Crippen LogP contribution < -0.4 is 5.32 Å². The Bertz CT molecular complexity index is 1230. The molecule has 4 rings (SSSR count). The molecule has 0 radical (unpaired) electrons. The third-order valence-electron chi connectivity index (χ3n) is 7.52. The summed E-state index contributed by atoms with van der Waals surface area (Å²) in [5, 5.41) is 3.13. The second-order valence-electron chi connectivity index (χ2n) is 10.7. The average molecular weight is 553 g/mol. The number of para-hydroxylation sites is 1. The topological polar surface area (TPSA) is 41.6 Å². The van der Waals surface area contributed by atoms with Gasteiger partial charge in [-0.05, 0) is 48.1 Å². The minimum absolute atomic E-state index is 0.172. The van der Waals surface area contributed by atoms with E-state index in [4.69, 9.17) is 4.74 Å². The quantitative estimate of drug-likeness (QED) is 0.314. The highest BCUT2D eigenvalue weighted by Gasteiger charge is 2.19. The first-order chi connectivity index (χ1) is 20.1. The number of rotatable bonds is 9. The number of allylic oxidation sites excluding steroid dienone is 9. The number of methoxy groups -OCH3 is 1. The van der Waals surface area contributed by atoms with Gasteiger partial charge in [-0.15, -0.1) is 0 Å². The predicted octanol–water partition coefficient (Wildman–Crippen LogP) is 10.1. The molecule has 2 aliphatic rings. The molecule has 4 nitrogen and oxygen atoms in total. The highest BCUT2D eigenvalue weighted by Crippen LogP contribution is 2.29. The minimum Gasteiger partial charge on any atom is -0.383 e. The maximum Gasteiger partial charge on any atom is 0.326 e. The molecule has 0 unspecified atom stereocenters. The van der Waals surface area contributed by atoms with Gasteiger partial charge in [-0.3, -0.25) is 4.90 Å². The van der Waals surface area contributed by atoms with E-state index in [2.05, 4.69) is 55.6 Å². The van der Waals surface area contributed by atoms with E-state index in [1.54, 1.807) is 12.0 Å². The zero-order valence-electron chi connectivity index (χ0n) is 25.4. The Morgan fingerprint density at radius 3 is 2.41 bits per heavy atom. The smallest absolute Gasteiger partial charge is 0.326 e. The van der Waals surface area contributed by atoms with Gasteiger partial charge in [0.05, 0.1) is 18.8 Å². The number of benzene rings is 2. The van der Waals surface area contributed by atoms with Crippen LogP contribution in [0.4, 0.5) is 10.5 Å². The van der Waals surface area contributed by atoms with E-state index >= 15 is 0 Å². The Balaban J connectivity index is 0.000000575. The van der Waals surface area contributed by atoms with E-state index in [9.17, 15) is 4.79 Å². The van der Waals surface area contributed by atoms with Crippen molar-refractivity contribution in [1.29, 1.82) is 0 Å². The zero-order valence-corrected chi connectivity index (χ0v) is 25.4. The van der Waals surface area contributed by atoms with Crippen LogP contribution in [0.1, 0.15) is 65.7 Å².